The minimum absolute atomic E-state index is 0.0622. The van der Waals surface area contributed by atoms with Crippen LogP contribution < -0.4 is 5.32 Å². The van der Waals surface area contributed by atoms with Crippen molar-refractivity contribution in [1.29, 1.82) is 0 Å². The van der Waals surface area contributed by atoms with Crippen molar-refractivity contribution in [2.75, 3.05) is 40.9 Å². The fourth-order valence-electron chi connectivity index (χ4n) is 6.15. The number of likely N-dealkylation sites (N-methyl/N-ethyl adjacent to an activating group) is 1. The van der Waals surface area contributed by atoms with Crippen molar-refractivity contribution in [3.8, 4) is 0 Å². The summed E-state index contributed by atoms with van der Waals surface area (Å²) in [5, 5.41) is 13.7. The van der Waals surface area contributed by atoms with Gasteiger partial charge in [-0.25, -0.2) is 4.57 Å². The Balaban J connectivity index is 4.25. The molecular formula is C43H86N2O6P+. The molecule has 0 aromatic heterocycles. The molecule has 52 heavy (non-hydrogen) atoms. The summed E-state index contributed by atoms with van der Waals surface area (Å²) in [6, 6.07) is -0.841. The van der Waals surface area contributed by atoms with Crippen LogP contribution in [0.5, 0.6) is 0 Å². The van der Waals surface area contributed by atoms with Crippen molar-refractivity contribution in [1.82, 2.24) is 5.32 Å². The number of aliphatic hydroxyl groups excluding tert-OH is 1. The number of quaternary nitrogens is 1. The molecule has 0 heterocycles. The Labute approximate surface area is 322 Å². The summed E-state index contributed by atoms with van der Waals surface area (Å²) in [5.41, 5.74) is 0. The molecule has 0 radical (unpaired) electrons. The average molecular weight is 758 g/mol. The second-order valence-electron chi connectivity index (χ2n) is 16.1. The highest BCUT2D eigenvalue weighted by Gasteiger charge is 2.27. The normalized spacial score (nSPS) is 14.7. The number of hydrogen-bond acceptors (Lipinski definition) is 5. The monoisotopic (exact) mass is 758 g/mol. The van der Waals surface area contributed by atoms with Crippen molar-refractivity contribution in [2.24, 2.45) is 0 Å². The molecule has 0 spiro atoms. The van der Waals surface area contributed by atoms with Crippen molar-refractivity contribution in [2.45, 2.75) is 206 Å². The predicted octanol–water partition coefficient (Wildman–Crippen LogP) is 11.7. The zero-order valence-corrected chi connectivity index (χ0v) is 35.7. The molecule has 0 aromatic rings. The van der Waals surface area contributed by atoms with Crippen LogP contribution >= 0.6 is 7.82 Å². The van der Waals surface area contributed by atoms with Crippen molar-refractivity contribution in [3.63, 3.8) is 0 Å². The second kappa shape index (κ2) is 35.7. The summed E-state index contributed by atoms with van der Waals surface area (Å²) in [5.74, 6) is -0.180. The molecule has 0 aromatic carbocycles. The van der Waals surface area contributed by atoms with Crippen molar-refractivity contribution in [3.05, 3.63) is 24.3 Å². The zero-order chi connectivity index (χ0) is 38.6. The second-order valence-corrected chi connectivity index (χ2v) is 17.5. The Morgan fingerprint density at radius 1 is 0.635 bits per heavy atom. The number of carbonyl (C=O) groups is 1. The largest absolute Gasteiger partial charge is 0.472 e. The first-order valence-corrected chi connectivity index (χ1v) is 23.2. The van der Waals surface area contributed by atoms with Gasteiger partial charge in [0.05, 0.1) is 39.9 Å². The maximum Gasteiger partial charge on any atom is 0.472 e. The van der Waals surface area contributed by atoms with E-state index in [4.69, 9.17) is 9.05 Å². The van der Waals surface area contributed by atoms with Gasteiger partial charge in [0.25, 0.3) is 0 Å². The van der Waals surface area contributed by atoms with Gasteiger partial charge in [-0.05, 0) is 44.9 Å². The SMILES string of the molecule is CCCCCCCC/C=C/CCCCCCCCCCCCCC(=O)N[C@@H](COP(=O)(O)OCC[N+](C)(C)C)[C@H](O)/C=C/CCCCCCCCC. The van der Waals surface area contributed by atoms with E-state index in [0.29, 0.717) is 17.4 Å². The molecule has 0 fully saturated rings. The highest BCUT2D eigenvalue weighted by molar-refractivity contribution is 7.47. The van der Waals surface area contributed by atoms with E-state index in [9.17, 15) is 19.4 Å². The molecule has 308 valence electrons. The highest BCUT2D eigenvalue weighted by atomic mass is 31.2. The van der Waals surface area contributed by atoms with Crippen LogP contribution in [-0.4, -0.2) is 73.4 Å². The van der Waals surface area contributed by atoms with Crippen molar-refractivity contribution >= 4 is 13.7 Å². The van der Waals surface area contributed by atoms with Crippen LogP contribution in [-0.2, 0) is 18.4 Å². The molecule has 0 aliphatic rings. The van der Waals surface area contributed by atoms with Crippen LogP contribution in [0.4, 0.5) is 0 Å². The lowest BCUT2D eigenvalue weighted by atomic mass is 10.0. The predicted molar refractivity (Wildman–Crippen MR) is 221 cm³/mol. The fourth-order valence-corrected chi connectivity index (χ4v) is 6.89. The number of nitrogens with zero attached hydrogens (tertiary/aromatic N) is 1. The molecule has 1 amide bonds. The van der Waals surface area contributed by atoms with E-state index in [1.165, 1.54) is 135 Å². The molecule has 0 aliphatic heterocycles. The first kappa shape index (κ1) is 51.0. The zero-order valence-electron chi connectivity index (χ0n) is 34.8. The first-order valence-electron chi connectivity index (χ1n) is 21.7. The third kappa shape index (κ3) is 37.3. The van der Waals surface area contributed by atoms with Gasteiger partial charge >= 0.3 is 7.82 Å². The number of amides is 1. The smallest absolute Gasteiger partial charge is 0.387 e. The van der Waals surface area contributed by atoms with Crippen LogP contribution in [0.1, 0.15) is 194 Å². The van der Waals surface area contributed by atoms with Crippen LogP contribution in [0.3, 0.4) is 0 Å². The van der Waals surface area contributed by atoms with Gasteiger partial charge in [-0.2, -0.15) is 0 Å². The quantitative estimate of drug-likeness (QED) is 0.0250. The van der Waals surface area contributed by atoms with Gasteiger partial charge in [-0.1, -0.05) is 167 Å². The average Bonchev–Trinajstić information content (AvgIpc) is 3.09. The number of allylic oxidation sites excluding steroid dienone is 3. The minimum atomic E-state index is -4.33. The van der Waals surface area contributed by atoms with Gasteiger partial charge in [-0.3, -0.25) is 13.8 Å². The molecule has 3 atom stereocenters. The van der Waals surface area contributed by atoms with Crippen LogP contribution in [0, 0.1) is 0 Å². The summed E-state index contributed by atoms with van der Waals surface area (Å²) in [6.45, 7) is 4.78. The molecule has 0 aliphatic carbocycles. The number of phosphoric ester groups is 1. The van der Waals surface area contributed by atoms with E-state index in [-0.39, 0.29) is 19.1 Å². The van der Waals surface area contributed by atoms with Crippen LogP contribution in [0.25, 0.3) is 0 Å². The van der Waals surface area contributed by atoms with E-state index < -0.39 is 20.0 Å². The van der Waals surface area contributed by atoms with Gasteiger partial charge in [0.2, 0.25) is 5.91 Å². The third-order valence-corrected chi connectivity index (χ3v) is 10.6. The molecular weight excluding hydrogens is 671 g/mol. The van der Waals surface area contributed by atoms with E-state index in [2.05, 4.69) is 31.3 Å². The maximum absolute atomic E-state index is 12.8. The molecule has 0 bridgehead atoms. The molecule has 0 saturated carbocycles. The standard InChI is InChI=1S/C43H85N2O6P/c1-6-8-10-12-14-16-17-18-19-20-21-22-23-24-25-26-27-29-31-33-35-37-43(47)44-41(40-51-52(48,49)50-39-38-45(3,4)5)42(46)36-34-32-30-28-15-13-11-9-7-2/h18-19,34,36,41-42,46H,6-17,20-33,35,37-40H2,1-5H3,(H-,44,47,48,49)/p+1/b19-18+,36-34+/t41-,42+/m0/s1. The topological polar surface area (TPSA) is 105 Å². The van der Waals surface area contributed by atoms with Crippen LogP contribution in [0.2, 0.25) is 0 Å². The van der Waals surface area contributed by atoms with Crippen LogP contribution in [0.15, 0.2) is 24.3 Å². The van der Waals surface area contributed by atoms with Gasteiger partial charge in [0.15, 0.2) is 0 Å². The Bertz CT molecular complexity index is 907. The molecule has 9 heteroatoms. The Morgan fingerprint density at radius 3 is 1.48 bits per heavy atom. The summed E-state index contributed by atoms with van der Waals surface area (Å²) in [4.78, 5) is 23.0. The Hall–Kier alpha value is -1.02. The molecule has 1 unspecified atom stereocenters. The van der Waals surface area contributed by atoms with Gasteiger partial charge in [-0.15, -0.1) is 0 Å². The van der Waals surface area contributed by atoms with Gasteiger partial charge in [0, 0.05) is 6.42 Å². The summed E-state index contributed by atoms with van der Waals surface area (Å²) >= 11 is 0. The summed E-state index contributed by atoms with van der Waals surface area (Å²) in [7, 11) is 1.57. The van der Waals surface area contributed by atoms with Gasteiger partial charge < -0.3 is 19.8 Å². The number of unbranched alkanes of at least 4 members (excludes halogenated alkanes) is 24. The summed E-state index contributed by atoms with van der Waals surface area (Å²) in [6.07, 6.45) is 41.1. The number of rotatable bonds is 39. The summed E-state index contributed by atoms with van der Waals surface area (Å²) < 4.78 is 23.5. The fraction of sp³-hybridized carbons (Fsp3) is 0.884. The molecule has 3 N–H and O–H groups in total. The number of nitrogens with one attached hydrogen (secondary N) is 1. The number of carbonyl (C=O) groups excluding carboxylic acids is 1. The Morgan fingerprint density at radius 2 is 1.04 bits per heavy atom. The van der Waals surface area contributed by atoms with E-state index in [0.717, 1.165) is 38.5 Å². The Kier molecular flexibility index (Phi) is 35.0. The molecule has 8 nitrogen and oxygen atoms in total. The van der Waals surface area contributed by atoms with E-state index >= 15 is 0 Å². The first-order chi connectivity index (χ1) is 25.0. The van der Waals surface area contributed by atoms with Crippen molar-refractivity contribution < 1.29 is 32.9 Å². The number of hydrogen-bond donors (Lipinski definition) is 3. The lowest BCUT2D eigenvalue weighted by Gasteiger charge is -2.25. The number of phosphoric acid groups is 1. The highest BCUT2D eigenvalue weighted by Crippen LogP contribution is 2.43. The molecule has 0 saturated heterocycles. The van der Waals surface area contributed by atoms with E-state index in [1.807, 2.05) is 27.2 Å². The number of aliphatic hydroxyl groups is 1. The maximum atomic E-state index is 12.8. The van der Waals surface area contributed by atoms with E-state index in [1.54, 1.807) is 6.08 Å². The lowest BCUT2D eigenvalue weighted by molar-refractivity contribution is -0.870. The third-order valence-electron chi connectivity index (χ3n) is 9.67. The lowest BCUT2D eigenvalue weighted by Crippen LogP contribution is -2.45. The van der Waals surface area contributed by atoms with Gasteiger partial charge in [0.1, 0.15) is 13.2 Å². The minimum Gasteiger partial charge on any atom is -0.387 e. The molecule has 0 rings (SSSR count).